The van der Waals surface area contributed by atoms with Gasteiger partial charge in [0.1, 0.15) is 11.6 Å². The van der Waals surface area contributed by atoms with Gasteiger partial charge in [-0.2, -0.15) is 0 Å². The van der Waals surface area contributed by atoms with Gasteiger partial charge in [0.05, 0.1) is 17.6 Å². The first-order valence-electron chi connectivity index (χ1n) is 6.94. The number of fused-ring (bicyclic) bond motifs is 1. The summed E-state index contributed by atoms with van der Waals surface area (Å²) in [6, 6.07) is 16.3. The lowest BCUT2D eigenvalue weighted by Crippen LogP contribution is -1.96. The maximum Gasteiger partial charge on any atom is 0.140 e. The van der Waals surface area contributed by atoms with Gasteiger partial charge in [-0.15, -0.1) is 0 Å². The van der Waals surface area contributed by atoms with E-state index in [1.54, 1.807) is 0 Å². The summed E-state index contributed by atoms with van der Waals surface area (Å²) in [5, 5.41) is 0. The summed E-state index contributed by atoms with van der Waals surface area (Å²) >= 11 is 0. The SMILES string of the molecule is CCCOc1cccc(-c2nc3ccccc3n2C)c1. The first kappa shape index (κ1) is 12.7. The standard InChI is InChI=1S/C17H18N2O/c1-3-11-20-14-8-6-7-13(12-14)17-18-15-9-4-5-10-16(15)19(17)2/h4-10,12H,3,11H2,1-2H3. The first-order valence-corrected chi connectivity index (χ1v) is 6.94. The number of benzene rings is 2. The molecule has 0 spiro atoms. The van der Waals surface area contributed by atoms with Crippen LogP contribution in [0.3, 0.4) is 0 Å². The van der Waals surface area contributed by atoms with Gasteiger partial charge in [-0.1, -0.05) is 31.2 Å². The fraction of sp³-hybridized carbons (Fsp3) is 0.235. The monoisotopic (exact) mass is 266 g/mol. The van der Waals surface area contributed by atoms with Gasteiger partial charge in [0.25, 0.3) is 0 Å². The third-order valence-electron chi connectivity index (χ3n) is 3.35. The Bertz CT molecular complexity index is 731. The van der Waals surface area contributed by atoms with Crippen LogP contribution in [0.4, 0.5) is 0 Å². The van der Waals surface area contributed by atoms with Gasteiger partial charge in [0.15, 0.2) is 0 Å². The first-order chi connectivity index (χ1) is 9.79. The zero-order valence-electron chi connectivity index (χ0n) is 11.8. The summed E-state index contributed by atoms with van der Waals surface area (Å²) in [4.78, 5) is 4.71. The van der Waals surface area contributed by atoms with Crippen LogP contribution in [0.1, 0.15) is 13.3 Å². The Morgan fingerprint density at radius 2 is 1.95 bits per heavy atom. The molecule has 1 aromatic heterocycles. The van der Waals surface area contributed by atoms with Crippen LogP contribution in [-0.4, -0.2) is 16.2 Å². The smallest absolute Gasteiger partial charge is 0.140 e. The average Bonchev–Trinajstić information content (AvgIpc) is 2.83. The molecule has 0 aliphatic rings. The fourth-order valence-electron chi connectivity index (χ4n) is 2.35. The van der Waals surface area contributed by atoms with Crippen LogP contribution in [0.15, 0.2) is 48.5 Å². The molecule has 0 saturated carbocycles. The van der Waals surface area contributed by atoms with E-state index in [-0.39, 0.29) is 0 Å². The zero-order chi connectivity index (χ0) is 13.9. The van der Waals surface area contributed by atoms with E-state index in [2.05, 4.69) is 29.7 Å². The number of nitrogens with zero attached hydrogens (tertiary/aromatic N) is 2. The van der Waals surface area contributed by atoms with E-state index < -0.39 is 0 Å². The van der Waals surface area contributed by atoms with Crippen molar-refractivity contribution in [2.45, 2.75) is 13.3 Å². The van der Waals surface area contributed by atoms with Gasteiger partial charge in [0, 0.05) is 12.6 Å². The van der Waals surface area contributed by atoms with E-state index in [9.17, 15) is 0 Å². The van der Waals surface area contributed by atoms with Crippen LogP contribution in [0.2, 0.25) is 0 Å². The maximum absolute atomic E-state index is 5.69. The van der Waals surface area contributed by atoms with Crippen molar-refractivity contribution >= 4 is 11.0 Å². The van der Waals surface area contributed by atoms with Crippen molar-refractivity contribution in [3.05, 3.63) is 48.5 Å². The second-order valence-corrected chi connectivity index (χ2v) is 4.86. The molecule has 20 heavy (non-hydrogen) atoms. The quantitative estimate of drug-likeness (QED) is 0.713. The minimum Gasteiger partial charge on any atom is -0.494 e. The molecular weight excluding hydrogens is 248 g/mol. The summed E-state index contributed by atoms with van der Waals surface area (Å²) in [6.07, 6.45) is 1.01. The normalized spacial score (nSPS) is 10.9. The van der Waals surface area contributed by atoms with Crippen LogP contribution in [0.25, 0.3) is 22.4 Å². The Morgan fingerprint density at radius 1 is 1.10 bits per heavy atom. The van der Waals surface area contributed by atoms with E-state index in [1.165, 1.54) is 0 Å². The van der Waals surface area contributed by atoms with Crippen molar-refractivity contribution in [3.63, 3.8) is 0 Å². The molecule has 0 atom stereocenters. The van der Waals surface area contributed by atoms with Crippen molar-refractivity contribution in [3.8, 4) is 17.1 Å². The Labute approximate surface area is 118 Å². The molecular formula is C17H18N2O. The minimum absolute atomic E-state index is 0.742. The van der Waals surface area contributed by atoms with Gasteiger partial charge >= 0.3 is 0 Å². The predicted octanol–water partition coefficient (Wildman–Crippen LogP) is 4.03. The second kappa shape index (κ2) is 5.37. The lowest BCUT2D eigenvalue weighted by molar-refractivity contribution is 0.317. The molecule has 1 heterocycles. The van der Waals surface area contributed by atoms with Crippen molar-refractivity contribution < 1.29 is 4.74 Å². The van der Waals surface area contributed by atoms with Gasteiger partial charge in [-0.25, -0.2) is 4.98 Å². The lowest BCUT2D eigenvalue weighted by atomic mass is 10.2. The Hall–Kier alpha value is -2.29. The molecule has 0 aliphatic heterocycles. The summed E-state index contributed by atoms with van der Waals surface area (Å²) < 4.78 is 7.81. The van der Waals surface area contributed by atoms with Gasteiger partial charge in [-0.05, 0) is 30.7 Å². The Balaban J connectivity index is 2.04. The molecule has 0 saturated heterocycles. The number of rotatable bonds is 4. The highest BCUT2D eigenvalue weighted by Gasteiger charge is 2.09. The highest BCUT2D eigenvalue weighted by Crippen LogP contribution is 2.26. The van der Waals surface area contributed by atoms with Crippen LogP contribution in [0, 0.1) is 0 Å². The van der Waals surface area contributed by atoms with Crippen molar-refractivity contribution in [2.75, 3.05) is 6.61 Å². The topological polar surface area (TPSA) is 27.1 Å². The third kappa shape index (κ3) is 2.27. The highest BCUT2D eigenvalue weighted by atomic mass is 16.5. The molecule has 2 aromatic carbocycles. The molecule has 0 aliphatic carbocycles. The van der Waals surface area contributed by atoms with Crippen LogP contribution in [0.5, 0.6) is 5.75 Å². The number of aromatic nitrogens is 2. The molecule has 0 radical (unpaired) electrons. The molecule has 0 fully saturated rings. The summed E-state index contributed by atoms with van der Waals surface area (Å²) in [6.45, 7) is 2.85. The summed E-state index contributed by atoms with van der Waals surface area (Å²) in [5.74, 6) is 1.87. The van der Waals surface area contributed by atoms with Crippen molar-refractivity contribution in [2.24, 2.45) is 7.05 Å². The number of hydrogen-bond donors (Lipinski definition) is 0. The molecule has 3 heteroatoms. The van der Waals surface area contributed by atoms with Crippen molar-refractivity contribution in [1.82, 2.24) is 9.55 Å². The number of hydrogen-bond acceptors (Lipinski definition) is 2. The summed E-state index contributed by atoms with van der Waals surface area (Å²) in [7, 11) is 2.05. The highest BCUT2D eigenvalue weighted by molar-refractivity contribution is 5.80. The van der Waals surface area contributed by atoms with Gasteiger partial charge in [-0.3, -0.25) is 0 Å². The van der Waals surface area contributed by atoms with Crippen molar-refractivity contribution in [1.29, 1.82) is 0 Å². The number of para-hydroxylation sites is 2. The van der Waals surface area contributed by atoms with E-state index in [4.69, 9.17) is 9.72 Å². The van der Waals surface area contributed by atoms with Crippen LogP contribution in [-0.2, 0) is 7.05 Å². The molecule has 102 valence electrons. The van der Waals surface area contributed by atoms with Crippen LogP contribution >= 0.6 is 0 Å². The Morgan fingerprint density at radius 3 is 2.75 bits per heavy atom. The maximum atomic E-state index is 5.69. The predicted molar refractivity (Wildman–Crippen MR) is 81.9 cm³/mol. The number of imidazole rings is 1. The Kier molecular flexibility index (Phi) is 3.42. The van der Waals surface area contributed by atoms with E-state index in [0.717, 1.165) is 41.2 Å². The lowest BCUT2D eigenvalue weighted by Gasteiger charge is -2.07. The molecule has 3 aromatic rings. The van der Waals surface area contributed by atoms with Crippen LogP contribution < -0.4 is 4.74 Å². The number of ether oxygens (including phenoxy) is 1. The molecule has 0 bridgehead atoms. The largest absolute Gasteiger partial charge is 0.494 e. The second-order valence-electron chi connectivity index (χ2n) is 4.86. The average molecular weight is 266 g/mol. The molecule has 0 N–H and O–H groups in total. The third-order valence-corrected chi connectivity index (χ3v) is 3.35. The van der Waals surface area contributed by atoms with Gasteiger partial charge in [0.2, 0.25) is 0 Å². The minimum atomic E-state index is 0.742. The fourth-order valence-corrected chi connectivity index (χ4v) is 2.35. The van der Waals surface area contributed by atoms with Gasteiger partial charge < -0.3 is 9.30 Å². The van der Waals surface area contributed by atoms with E-state index in [0.29, 0.717) is 0 Å². The molecule has 0 amide bonds. The van der Waals surface area contributed by atoms with E-state index >= 15 is 0 Å². The van der Waals surface area contributed by atoms with E-state index in [1.807, 2.05) is 37.4 Å². The molecule has 0 unspecified atom stereocenters. The summed E-state index contributed by atoms with van der Waals surface area (Å²) in [5.41, 5.74) is 3.24. The molecule has 3 rings (SSSR count). The zero-order valence-corrected chi connectivity index (χ0v) is 11.8. The number of aryl methyl sites for hydroxylation is 1. The molecule has 3 nitrogen and oxygen atoms in total.